The van der Waals surface area contributed by atoms with Gasteiger partial charge in [0.1, 0.15) is 0 Å². The molecular weight excluding hydrogens is 420 g/mol. The van der Waals surface area contributed by atoms with Crippen molar-refractivity contribution >= 4 is 29.0 Å². The maximum atomic E-state index is 12.6. The second kappa shape index (κ2) is 10.5. The fourth-order valence-electron chi connectivity index (χ4n) is 3.75. The topological polar surface area (TPSA) is 86.2 Å². The fourth-order valence-corrected chi connectivity index (χ4v) is 3.75. The van der Waals surface area contributed by atoms with Crippen molar-refractivity contribution in [1.29, 1.82) is 0 Å². The number of anilines is 2. The molecule has 4 N–H and O–H groups in total. The summed E-state index contributed by atoms with van der Waals surface area (Å²) in [6, 6.07) is 30.4. The Morgan fingerprint density at radius 1 is 0.647 bits per heavy atom. The number of rotatable bonds is 8. The number of hydrogen-bond donors (Lipinski definition) is 2. The van der Waals surface area contributed by atoms with E-state index in [0.717, 1.165) is 23.1 Å². The molecule has 0 radical (unpaired) electrons. The van der Waals surface area contributed by atoms with Crippen LogP contribution in [0.1, 0.15) is 43.0 Å². The molecule has 34 heavy (non-hydrogen) atoms. The molecule has 4 aromatic rings. The molecule has 0 heterocycles. The molecule has 168 valence electrons. The van der Waals surface area contributed by atoms with Crippen LogP contribution < -0.4 is 11.5 Å². The zero-order valence-corrected chi connectivity index (χ0v) is 18.8. The maximum Gasteiger partial charge on any atom is 0.185 e. The Morgan fingerprint density at radius 3 is 1.82 bits per heavy atom. The molecule has 0 fully saturated rings. The highest BCUT2D eigenvalue weighted by atomic mass is 16.1. The molecule has 0 aliphatic rings. The number of benzene rings is 4. The minimum Gasteiger partial charge on any atom is -0.399 e. The average molecular weight is 447 g/mol. The van der Waals surface area contributed by atoms with Gasteiger partial charge in [0, 0.05) is 28.9 Å². The summed E-state index contributed by atoms with van der Waals surface area (Å²) in [6.45, 7) is 0. The number of ketones is 2. The first kappa shape index (κ1) is 22.7. The normalized spacial score (nSPS) is 10.9. The number of allylic oxidation sites excluding steroid dienone is 1. The zero-order valence-electron chi connectivity index (χ0n) is 18.8. The van der Waals surface area contributed by atoms with E-state index in [2.05, 4.69) is 12.1 Å². The van der Waals surface area contributed by atoms with Gasteiger partial charge in [-0.3, -0.25) is 9.59 Å². The molecule has 4 aromatic carbocycles. The highest BCUT2D eigenvalue weighted by Crippen LogP contribution is 2.18. The lowest BCUT2D eigenvalue weighted by molar-refractivity contribution is 0.0992. The van der Waals surface area contributed by atoms with Gasteiger partial charge >= 0.3 is 0 Å². The van der Waals surface area contributed by atoms with Crippen LogP contribution in [0.25, 0.3) is 6.08 Å². The molecule has 4 nitrogen and oxygen atoms in total. The predicted octanol–water partition coefficient (Wildman–Crippen LogP) is 5.76. The van der Waals surface area contributed by atoms with E-state index in [1.807, 2.05) is 72.8 Å². The molecule has 4 rings (SSSR count). The van der Waals surface area contributed by atoms with Crippen molar-refractivity contribution in [3.63, 3.8) is 0 Å². The number of nitrogen functional groups attached to an aromatic ring is 2. The van der Waals surface area contributed by atoms with E-state index in [0.29, 0.717) is 28.9 Å². The summed E-state index contributed by atoms with van der Waals surface area (Å²) in [4.78, 5) is 24.8. The van der Waals surface area contributed by atoms with Crippen molar-refractivity contribution < 1.29 is 9.59 Å². The van der Waals surface area contributed by atoms with Gasteiger partial charge in [0.15, 0.2) is 11.6 Å². The number of hydrogen-bond acceptors (Lipinski definition) is 4. The standard InChI is InChI=1S/C30H26N2O2/c31-27-18-26(19-28(32)20-27)30(34)17-24-12-10-23(11-13-24)16-22-8-6-21(7-9-22)14-15-29(33)25-4-2-1-3-5-25/h1-15,18-20H,16-17,31-32H2/b15-14+. The second-order valence-corrected chi connectivity index (χ2v) is 8.29. The van der Waals surface area contributed by atoms with Gasteiger partial charge in [0.2, 0.25) is 0 Å². The number of carbonyl (C=O) groups excluding carboxylic acids is 2. The van der Waals surface area contributed by atoms with Gasteiger partial charge in [-0.25, -0.2) is 0 Å². The number of carbonyl (C=O) groups is 2. The van der Waals surface area contributed by atoms with Crippen LogP contribution in [0, 0.1) is 0 Å². The van der Waals surface area contributed by atoms with Gasteiger partial charge in [-0.1, -0.05) is 84.9 Å². The van der Waals surface area contributed by atoms with E-state index in [1.165, 1.54) is 5.56 Å². The second-order valence-electron chi connectivity index (χ2n) is 8.29. The Hall–Kier alpha value is -4.44. The summed E-state index contributed by atoms with van der Waals surface area (Å²) in [6.07, 6.45) is 4.51. The van der Waals surface area contributed by atoms with Crippen molar-refractivity contribution in [1.82, 2.24) is 0 Å². The first-order chi connectivity index (χ1) is 16.5. The van der Waals surface area contributed by atoms with Crippen molar-refractivity contribution in [2.45, 2.75) is 12.8 Å². The lowest BCUT2D eigenvalue weighted by Gasteiger charge is -2.07. The SMILES string of the molecule is Nc1cc(N)cc(C(=O)Cc2ccc(Cc3ccc(/C=C/C(=O)c4ccccc4)cc3)cc2)c1. The van der Waals surface area contributed by atoms with Crippen LogP contribution in [-0.2, 0) is 12.8 Å². The Balaban J connectivity index is 1.34. The summed E-state index contributed by atoms with van der Waals surface area (Å²) >= 11 is 0. The first-order valence-corrected chi connectivity index (χ1v) is 11.1. The molecule has 0 aromatic heterocycles. The summed E-state index contributed by atoms with van der Waals surface area (Å²) in [5.74, 6) is -0.0245. The Labute approximate surface area is 199 Å². The highest BCUT2D eigenvalue weighted by molar-refractivity contribution is 6.06. The zero-order chi connectivity index (χ0) is 23.9. The summed E-state index contributed by atoms with van der Waals surface area (Å²) in [5.41, 5.74) is 18.0. The monoisotopic (exact) mass is 446 g/mol. The van der Waals surface area contributed by atoms with Gasteiger partial charge in [0.25, 0.3) is 0 Å². The van der Waals surface area contributed by atoms with Crippen LogP contribution in [0.2, 0.25) is 0 Å². The van der Waals surface area contributed by atoms with Crippen molar-refractivity contribution in [2.75, 3.05) is 11.5 Å². The summed E-state index contributed by atoms with van der Waals surface area (Å²) in [5, 5.41) is 0. The molecule has 0 unspecified atom stereocenters. The minimum absolute atomic E-state index is 0.0116. The number of Topliss-reactive ketones (excluding diaryl/α,β-unsaturated/α-hetero) is 1. The molecule has 0 aliphatic carbocycles. The fraction of sp³-hybridized carbons (Fsp3) is 0.0667. The van der Waals surface area contributed by atoms with E-state index in [-0.39, 0.29) is 11.6 Å². The molecule has 0 saturated carbocycles. The van der Waals surface area contributed by atoms with Gasteiger partial charge in [-0.05, 0) is 52.9 Å². The lowest BCUT2D eigenvalue weighted by Crippen LogP contribution is -2.05. The van der Waals surface area contributed by atoms with E-state index in [4.69, 9.17) is 11.5 Å². The third-order valence-corrected chi connectivity index (χ3v) is 5.56. The van der Waals surface area contributed by atoms with Crippen LogP contribution in [0.3, 0.4) is 0 Å². The molecule has 0 atom stereocenters. The van der Waals surface area contributed by atoms with Gasteiger partial charge in [-0.2, -0.15) is 0 Å². The van der Waals surface area contributed by atoms with Crippen molar-refractivity contribution in [2.24, 2.45) is 0 Å². The van der Waals surface area contributed by atoms with Crippen LogP contribution in [0.15, 0.2) is 103 Å². The quantitative estimate of drug-likeness (QED) is 0.205. The van der Waals surface area contributed by atoms with Crippen molar-refractivity contribution in [3.05, 3.63) is 137 Å². The van der Waals surface area contributed by atoms with Crippen molar-refractivity contribution in [3.8, 4) is 0 Å². The van der Waals surface area contributed by atoms with Crippen LogP contribution in [0.4, 0.5) is 11.4 Å². The Morgan fingerprint density at radius 2 is 1.21 bits per heavy atom. The summed E-state index contributed by atoms with van der Waals surface area (Å²) in [7, 11) is 0. The average Bonchev–Trinajstić information content (AvgIpc) is 2.84. The molecule has 0 spiro atoms. The van der Waals surface area contributed by atoms with E-state index in [9.17, 15) is 9.59 Å². The minimum atomic E-state index is -0.0128. The highest BCUT2D eigenvalue weighted by Gasteiger charge is 2.09. The molecule has 4 heteroatoms. The third kappa shape index (κ3) is 6.08. The molecular formula is C30H26N2O2. The predicted molar refractivity (Wildman–Crippen MR) is 139 cm³/mol. The lowest BCUT2D eigenvalue weighted by atomic mass is 9.98. The van der Waals surface area contributed by atoms with E-state index < -0.39 is 0 Å². The molecule has 0 aliphatic heterocycles. The largest absolute Gasteiger partial charge is 0.399 e. The number of nitrogens with two attached hydrogens (primary N) is 2. The van der Waals surface area contributed by atoms with Gasteiger partial charge < -0.3 is 11.5 Å². The third-order valence-electron chi connectivity index (χ3n) is 5.56. The molecule has 0 saturated heterocycles. The van der Waals surface area contributed by atoms with Gasteiger partial charge in [-0.15, -0.1) is 0 Å². The van der Waals surface area contributed by atoms with Crippen LogP contribution in [0.5, 0.6) is 0 Å². The maximum absolute atomic E-state index is 12.6. The Bertz CT molecular complexity index is 1300. The van der Waals surface area contributed by atoms with Crippen LogP contribution >= 0.6 is 0 Å². The molecule has 0 bridgehead atoms. The smallest absolute Gasteiger partial charge is 0.185 e. The van der Waals surface area contributed by atoms with Gasteiger partial charge in [0.05, 0.1) is 0 Å². The Kier molecular flexibility index (Phi) is 6.99. The summed E-state index contributed by atoms with van der Waals surface area (Å²) < 4.78 is 0. The van der Waals surface area contributed by atoms with Crippen LogP contribution in [-0.4, -0.2) is 11.6 Å². The van der Waals surface area contributed by atoms with E-state index in [1.54, 1.807) is 24.3 Å². The molecule has 0 amide bonds. The first-order valence-electron chi connectivity index (χ1n) is 11.1. The van der Waals surface area contributed by atoms with E-state index >= 15 is 0 Å².